The molecule has 0 aliphatic carbocycles. The van der Waals surface area contributed by atoms with Gasteiger partial charge in [-0.15, -0.1) is 11.8 Å². The fourth-order valence-electron chi connectivity index (χ4n) is 2.43. The van der Waals surface area contributed by atoms with Crippen LogP contribution in [0.4, 0.5) is 14.5 Å². The van der Waals surface area contributed by atoms with Crippen molar-refractivity contribution in [2.45, 2.75) is 17.9 Å². The number of amides is 2. The molecule has 2 amide bonds. The zero-order valence-corrected chi connectivity index (χ0v) is 13.5. The number of rotatable bonds is 3. The van der Waals surface area contributed by atoms with Crippen LogP contribution in [0.5, 0.6) is 0 Å². The van der Waals surface area contributed by atoms with E-state index in [1.165, 1.54) is 17.8 Å². The van der Waals surface area contributed by atoms with Gasteiger partial charge in [0.15, 0.2) is 0 Å². The molecule has 3 rings (SSSR count). The lowest BCUT2D eigenvalue weighted by Crippen LogP contribution is -2.27. The molecule has 1 aliphatic rings. The molecule has 1 heterocycles. The SMILES string of the molecule is CC(NC(=O)c1ccc2c(c1)NC(=O)CS2)c1ccc(F)cc1F. The zero-order chi connectivity index (χ0) is 17.3. The Morgan fingerprint density at radius 3 is 2.79 bits per heavy atom. The van der Waals surface area contributed by atoms with Crippen LogP contribution in [0.1, 0.15) is 28.9 Å². The molecule has 1 atom stereocenters. The summed E-state index contributed by atoms with van der Waals surface area (Å²) >= 11 is 1.40. The summed E-state index contributed by atoms with van der Waals surface area (Å²) in [7, 11) is 0. The van der Waals surface area contributed by atoms with Crippen LogP contribution >= 0.6 is 11.8 Å². The van der Waals surface area contributed by atoms with Crippen LogP contribution < -0.4 is 10.6 Å². The Labute approximate surface area is 141 Å². The Morgan fingerprint density at radius 1 is 1.25 bits per heavy atom. The van der Waals surface area contributed by atoms with Crippen molar-refractivity contribution >= 4 is 29.3 Å². The highest BCUT2D eigenvalue weighted by Crippen LogP contribution is 2.32. The average molecular weight is 348 g/mol. The van der Waals surface area contributed by atoms with Gasteiger partial charge in [-0.2, -0.15) is 0 Å². The summed E-state index contributed by atoms with van der Waals surface area (Å²) in [5.74, 6) is -1.56. The molecular formula is C17H14F2N2O2S. The Kier molecular flexibility index (Phi) is 4.53. The van der Waals surface area contributed by atoms with Crippen molar-refractivity contribution in [3.05, 3.63) is 59.2 Å². The van der Waals surface area contributed by atoms with Crippen molar-refractivity contribution in [3.63, 3.8) is 0 Å². The molecule has 4 nitrogen and oxygen atoms in total. The van der Waals surface area contributed by atoms with Gasteiger partial charge in [-0.3, -0.25) is 9.59 Å². The normalized spacial score (nSPS) is 14.5. The number of carbonyl (C=O) groups excluding carboxylic acids is 2. The highest BCUT2D eigenvalue weighted by molar-refractivity contribution is 8.00. The largest absolute Gasteiger partial charge is 0.345 e. The van der Waals surface area contributed by atoms with E-state index in [1.807, 2.05) is 0 Å². The molecule has 1 aliphatic heterocycles. The summed E-state index contributed by atoms with van der Waals surface area (Å²) in [4.78, 5) is 24.7. The van der Waals surface area contributed by atoms with Crippen molar-refractivity contribution in [3.8, 4) is 0 Å². The molecule has 1 unspecified atom stereocenters. The predicted octanol–water partition coefficient (Wildman–Crippen LogP) is 3.50. The number of benzene rings is 2. The summed E-state index contributed by atoms with van der Waals surface area (Å²) in [6.45, 7) is 1.62. The van der Waals surface area contributed by atoms with E-state index in [0.717, 1.165) is 17.0 Å². The number of nitrogens with one attached hydrogen (secondary N) is 2. The van der Waals surface area contributed by atoms with E-state index >= 15 is 0 Å². The van der Waals surface area contributed by atoms with Crippen molar-refractivity contribution in [1.82, 2.24) is 5.32 Å². The molecule has 24 heavy (non-hydrogen) atoms. The number of thioether (sulfide) groups is 1. The highest BCUT2D eigenvalue weighted by Gasteiger charge is 2.19. The molecule has 2 aromatic carbocycles. The van der Waals surface area contributed by atoms with Gasteiger partial charge in [0, 0.05) is 22.1 Å². The second kappa shape index (κ2) is 6.60. The zero-order valence-electron chi connectivity index (χ0n) is 12.7. The fourth-order valence-corrected chi connectivity index (χ4v) is 3.22. The molecule has 0 saturated heterocycles. The first-order chi connectivity index (χ1) is 11.4. The van der Waals surface area contributed by atoms with Crippen LogP contribution in [0.25, 0.3) is 0 Å². The van der Waals surface area contributed by atoms with Gasteiger partial charge < -0.3 is 10.6 Å². The number of carbonyl (C=O) groups is 2. The third-order valence-electron chi connectivity index (χ3n) is 3.65. The molecular weight excluding hydrogens is 334 g/mol. The maximum Gasteiger partial charge on any atom is 0.251 e. The van der Waals surface area contributed by atoms with E-state index in [9.17, 15) is 18.4 Å². The number of halogens is 2. The van der Waals surface area contributed by atoms with Crippen molar-refractivity contribution in [2.75, 3.05) is 11.1 Å². The summed E-state index contributed by atoms with van der Waals surface area (Å²) in [6.07, 6.45) is 0. The third-order valence-corrected chi connectivity index (χ3v) is 4.72. The number of hydrogen-bond donors (Lipinski definition) is 2. The third kappa shape index (κ3) is 3.41. The average Bonchev–Trinajstić information content (AvgIpc) is 2.53. The summed E-state index contributed by atoms with van der Waals surface area (Å²) in [5.41, 5.74) is 1.14. The highest BCUT2D eigenvalue weighted by atomic mass is 32.2. The second-order valence-corrected chi connectivity index (χ2v) is 6.43. The molecule has 0 radical (unpaired) electrons. The topological polar surface area (TPSA) is 58.2 Å². The van der Waals surface area contributed by atoms with Crippen LogP contribution in [0.2, 0.25) is 0 Å². The summed E-state index contributed by atoms with van der Waals surface area (Å²) in [6, 6.07) is 7.60. The van der Waals surface area contributed by atoms with E-state index in [-0.39, 0.29) is 11.5 Å². The van der Waals surface area contributed by atoms with Gasteiger partial charge in [-0.1, -0.05) is 6.07 Å². The first-order valence-electron chi connectivity index (χ1n) is 7.26. The van der Waals surface area contributed by atoms with Gasteiger partial charge in [-0.25, -0.2) is 8.78 Å². The molecule has 7 heteroatoms. The van der Waals surface area contributed by atoms with E-state index in [0.29, 0.717) is 17.0 Å². The minimum Gasteiger partial charge on any atom is -0.345 e. The molecule has 2 aromatic rings. The lowest BCUT2D eigenvalue weighted by Gasteiger charge is -2.18. The van der Waals surface area contributed by atoms with Gasteiger partial charge in [0.25, 0.3) is 5.91 Å². The quantitative estimate of drug-likeness (QED) is 0.893. The second-order valence-electron chi connectivity index (χ2n) is 5.41. The minimum absolute atomic E-state index is 0.119. The predicted molar refractivity (Wildman–Crippen MR) is 88.0 cm³/mol. The first kappa shape index (κ1) is 16.4. The van der Waals surface area contributed by atoms with Crippen LogP contribution in [-0.2, 0) is 4.79 Å². The molecule has 0 spiro atoms. The van der Waals surface area contributed by atoms with Gasteiger partial charge in [0.05, 0.1) is 17.5 Å². The van der Waals surface area contributed by atoms with Crippen molar-refractivity contribution < 1.29 is 18.4 Å². The van der Waals surface area contributed by atoms with Gasteiger partial charge >= 0.3 is 0 Å². The Bertz CT molecular complexity index is 826. The lowest BCUT2D eigenvalue weighted by atomic mass is 10.1. The van der Waals surface area contributed by atoms with E-state index < -0.39 is 23.6 Å². The Hall–Kier alpha value is -2.41. The maximum absolute atomic E-state index is 13.8. The first-order valence-corrected chi connectivity index (χ1v) is 8.25. The van der Waals surface area contributed by atoms with Gasteiger partial charge in [-0.05, 0) is 31.2 Å². The van der Waals surface area contributed by atoms with Crippen LogP contribution in [-0.4, -0.2) is 17.6 Å². The molecule has 0 bridgehead atoms. The Morgan fingerprint density at radius 2 is 2.04 bits per heavy atom. The lowest BCUT2D eigenvalue weighted by molar-refractivity contribution is -0.113. The van der Waals surface area contributed by atoms with Crippen LogP contribution in [0.15, 0.2) is 41.3 Å². The Balaban J connectivity index is 1.77. The van der Waals surface area contributed by atoms with E-state index in [4.69, 9.17) is 0 Å². The molecule has 2 N–H and O–H groups in total. The fraction of sp³-hybridized carbons (Fsp3) is 0.176. The smallest absolute Gasteiger partial charge is 0.251 e. The van der Waals surface area contributed by atoms with E-state index in [1.54, 1.807) is 25.1 Å². The van der Waals surface area contributed by atoms with Crippen LogP contribution in [0.3, 0.4) is 0 Å². The maximum atomic E-state index is 13.8. The molecule has 0 saturated carbocycles. The van der Waals surface area contributed by atoms with Crippen LogP contribution in [0, 0.1) is 11.6 Å². The van der Waals surface area contributed by atoms with Gasteiger partial charge in [0.2, 0.25) is 5.91 Å². The summed E-state index contributed by atoms with van der Waals surface area (Å²) < 4.78 is 26.7. The van der Waals surface area contributed by atoms with E-state index in [2.05, 4.69) is 10.6 Å². The minimum atomic E-state index is -0.711. The number of hydrogen-bond acceptors (Lipinski definition) is 3. The number of anilines is 1. The molecule has 124 valence electrons. The molecule has 0 fully saturated rings. The number of fused-ring (bicyclic) bond motifs is 1. The standard InChI is InChI=1S/C17H14F2N2O2S/c1-9(12-4-3-11(18)7-13(12)19)20-17(23)10-2-5-15-14(6-10)21-16(22)8-24-15/h2-7,9H,8H2,1H3,(H,20,23)(H,21,22). The van der Waals surface area contributed by atoms with Gasteiger partial charge in [0.1, 0.15) is 11.6 Å². The summed E-state index contributed by atoms with van der Waals surface area (Å²) in [5, 5.41) is 5.38. The monoisotopic (exact) mass is 348 g/mol. The van der Waals surface area contributed by atoms with Crippen molar-refractivity contribution in [1.29, 1.82) is 0 Å². The molecule has 0 aromatic heterocycles. The van der Waals surface area contributed by atoms with Crippen molar-refractivity contribution in [2.24, 2.45) is 0 Å².